The van der Waals surface area contributed by atoms with Gasteiger partial charge < -0.3 is 9.84 Å². The van der Waals surface area contributed by atoms with Crippen LogP contribution in [0.1, 0.15) is 50.7 Å². The number of carbonyl (C=O) groups excluding carboxylic acids is 1. The number of carbonyl (C=O) groups is 2. The van der Waals surface area contributed by atoms with Gasteiger partial charge in [-0.25, -0.2) is 9.59 Å². The Morgan fingerprint density at radius 1 is 1.00 bits per heavy atom. The van der Waals surface area contributed by atoms with E-state index in [4.69, 9.17) is 4.74 Å². The number of hydrogen-bond acceptors (Lipinski definition) is 3. The Labute approximate surface area is 165 Å². The molecular weight excluding hydrogens is 354 g/mol. The maximum atomic E-state index is 13.0. The van der Waals surface area contributed by atoms with Crippen molar-refractivity contribution in [1.82, 2.24) is 4.90 Å². The van der Waals surface area contributed by atoms with Crippen LogP contribution in [0.3, 0.4) is 0 Å². The number of benzene rings is 2. The van der Waals surface area contributed by atoms with Crippen LogP contribution in [-0.4, -0.2) is 39.8 Å². The van der Waals surface area contributed by atoms with Crippen molar-refractivity contribution in [2.45, 2.75) is 50.7 Å². The van der Waals surface area contributed by atoms with Gasteiger partial charge >= 0.3 is 12.1 Å². The number of carboxylic acids is 1. The Kier molecular flexibility index (Phi) is 5.45. The Morgan fingerprint density at radius 3 is 1.93 bits per heavy atom. The third-order valence-corrected chi connectivity index (χ3v) is 5.15. The smallest absolute Gasteiger partial charge is 0.411 e. The van der Waals surface area contributed by atoms with Crippen molar-refractivity contribution in [3.05, 3.63) is 71.8 Å². The number of ether oxygens (including phenoxy) is 1. The normalized spacial score (nSPS) is 19.6. The lowest BCUT2D eigenvalue weighted by molar-refractivity contribution is -0.150. The molecule has 1 amide bonds. The van der Waals surface area contributed by atoms with E-state index >= 15 is 0 Å². The number of rotatable bonds is 4. The highest BCUT2D eigenvalue weighted by Crippen LogP contribution is 2.46. The van der Waals surface area contributed by atoms with Gasteiger partial charge in [-0.15, -0.1) is 0 Å². The summed E-state index contributed by atoms with van der Waals surface area (Å²) in [5, 5.41) is 10.4. The molecular formula is C23H27NO4. The molecule has 0 aromatic heterocycles. The van der Waals surface area contributed by atoms with Crippen molar-refractivity contribution in [2.75, 3.05) is 6.54 Å². The van der Waals surface area contributed by atoms with E-state index in [2.05, 4.69) is 0 Å². The summed E-state index contributed by atoms with van der Waals surface area (Å²) in [6, 6.07) is 19.1. The summed E-state index contributed by atoms with van der Waals surface area (Å²) in [4.78, 5) is 27.2. The van der Waals surface area contributed by atoms with E-state index in [0.29, 0.717) is 19.4 Å². The summed E-state index contributed by atoms with van der Waals surface area (Å²) in [5.74, 6) is -1.50. The van der Waals surface area contributed by atoms with Gasteiger partial charge in [-0.2, -0.15) is 0 Å². The first kappa shape index (κ1) is 19.9. The molecule has 0 aliphatic carbocycles. The van der Waals surface area contributed by atoms with Gasteiger partial charge in [0.2, 0.25) is 0 Å². The minimum Gasteiger partial charge on any atom is -0.479 e. The second-order valence-corrected chi connectivity index (χ2v) is 8.22. The third-order valence-electron chi connectivity index (χ3n) is 5.15. The predicted octanol–water partition coefficient (Wildman–Crippen LogP) is 4.67. The molecule has 1 atom stereocenters. The van der Waals surface area contributed by atoms with Crippen LogP contribution >= 0.6 is 0 Å². The zero-order valence-electron chi connectivity index (χ0n) is 16.6. The number of likely N-dealkylation sites (tertiary alicyclic amines) is 1. The van der Waals surface area contributed by atoms with Crippen LogP contribution in [0.2, 0.25) is 0 Å². The van der Waals surface area contributed by atoms with Crippen LogP contribution in [0.4, 0.5) is 4.79 Å². The molecule has 1 aliphatic heterocycles. The molecule has 2 aromatic rings. The zero-order valence-corrected chi connectivity index (χ0v) is 16.6. The predicted molar refractivity (Wildman–Crippen MR) is 107 cm³/mol. The molecule has 0 unspecified atom stereocenters. The van der Waals surface area contributed by atoms with Gasteiger partial charge in [0.05, 0.1) is 0 Å². The topological polar surface area (TPSA) is 66.8 Å². The van der Waals surface area contributed by atoms with Crippen LogP contribution in [0.25, 0.3) is 0 Å². The fourth-order valence-electron chi connectivity index (χ4n) is 4.09. The molecule has 1 saturated heterocycles. The molecule has 2 aromatic carbocycles. The minimum absolute atomic E-state index is 0.359. The summed E-state index contributed by atoms with van der Waals surface area (Å²) in [7, 11) is 0. The average Bonchev–Trinajstić information content (AvgIpc) is 3.08. The van der Waals surface area contributed by atoms with Gasteiger partial charge in [-0.1, -0.05) is 60.7 Å². The number of amides is 1. The summed E-state index contributed by atoms with van der Waals surface area (Å²) in [6.07, 6.45) is 0.404. The number of carboxylic acid groups (broad SMARTS) is 1. The SMILES string of the molecule is CC(C)(C)OC(=O)N1CCC[C@]1(C(=O)O)C(c1ccccc1)c1ccccc1. The maximum absolute atomic E-state index is 13.0. The Hall–Kier alpha value is -2.82. The highest BCUT2D eigenvalue weighted by Gasteiger charge is 2.57. The van der Waals surface area contributed by atoms with Crippen molar-refractivity contribution in [2.24, 2.45) is 0 Å². The number of hydrogen-bond donors (Lipinski definition) is 1. The lowest BCUT2D eigenvalue weighted by Gasteiger charge is -2.41. The van der Waals surface area contributed by atoms with Crippen LogP contribution < -0.4 is 0 Å². The van der Waals surface area contributed by atoms with Crippen molar-refractivity contribution >= 4 is 12.1 Å². The second kappa shape index (κ2) is 7.66. The molecule has 0 saturated carbocycles. The molecule has 148 valence electrons. The highest BCUT2D eigenvalue weighted by molar-refractivity contribution is 5.87. The molecule has 0 bridgehead atoms. The van der Waals surface area contributed by atoms with E-state index < -0.39 is 29.1 Å². The molecule has 1 heterocycles. The third kappa shape index (κ3) is 3.75. The van der Waals surface area contributed by atoms with Gasteiger partial charge in [-0.3, -0.25) is 4.90 Å². The Bertz CT molecular complexity index is 789. The van der Waals surface area contributed by atoms with Gasteiger partial charge in [0.25, 0.3) is 0 Å². The van der Waals surface area contributed by atoms with Crippen LogP contribution in [0.15, 0.2) is 60.7 Å². The minimum atomic E-state index is -1.40. The zero-order chi connectivity index (χ0) is 20.4. The van der Waals surface area contributed by atoms with Gasteiger partial charge in [0.1, 0.15) is 5.60 Å². The van der Waals surface area contributed by atoms with E-state index in [9.17, 15) is 14.7 Å². The van der Waals surface area contributed by atoms with Gasteiger partial charge in [0.15, 0.2) is 5.54 Å². The molecule has 28 heavy (non-hydrogen) atoms. The largest absolute Gasteiger partial charge is 0.479 e. The lowest BCUT2D eigenvalue weighted by atomic mass is 9.73. The quantitative estimate of drug-likeness (QED) is 0.835. The van der Waals surface area contributed by atoms with E-state index in [1.165, 1.54) is 4.90 Å². The number of nitrogens with zero attached hydrogens (tertiary/aromatic N) is 1. The summed E-state index contributed by atoms with van der Waals surface area (Å²) < 4.78 is 5.57. The standard InChI is InChI=1S/C23H27NO4/c1-22(2,3)28-21(27)24-16-10-15-23(24,20(25)26)19(17-11-6-4-7-12-17)18-13-8-5-9-14-18/h4-9,11-14,19H,10,15-16H2,1-3H3,(H,25,26)/t23-/m1/s1. The van der Waals surface area contributed by atoms with Crippen molar-refractivity contribution in [1.29, 1.82) is 0 Å². The monoisotopic (exact) mass is 381 g/mol. The van der Waals surface area contributed by atoms with Crippen LogP contribution in [-0.2, 0) is 9.53 Å². The molecule has 1 N–H and O–H groups in total. The van der Waals surface area contributed by atoms with E-state index in [1.54, 1.807) is 20.8 Å². The van der Waals surface area contributed by atoms with E-state index in [0.717, 1.165) is 11.1 Å². The van der Waals surface area contributed by atoms with E-state index in [-0.39, 0.29) is 0 Å². The van der Waals surface area contributed by atoms with Crippen LogP contribution in [0.5, 0.6) is 0 Å². The highest BCUT2D eigenvalue weighted by atomic mass is 16.6. The second-order valence-electron chi connectivity index (χ2n) is 8.22. The maximum Gasteiger partial charge on any atom is 0.411 e. The van der Waals surface area contributed by atoms with Gasteiger partial charge in [-0.05, 0) is 44.7 Å². The molecule has 5 nitrogen and oxygen atoms in total. The first-order chi connectivity index (χ1) is 13.3. The molecule has 0 spiro atoms. The molecule has 0 radical (unpaired) electrons. The lowest BCUT2D eigenvalue weighted by Crippen LogP contribution is -2.58. The van der Waals surface area contributed by atoms with Crippen molar-refractivity contribution in [3.8, 4) is 0 Å². The molecule has 5 heteroatoms. The Balaban J connectivity index is 2.16. The summed E-state index contributed by atoms with van der Waals surface area (Å²) >= 11 is 0. The first-order valence-corrected chi connectivity index (χ1v) is 9.59. The van der Waals surface area contributed by atoms with Gasteiger partial charge in [0, 0.05) is 12.5 Å². The first-order valence-electron chi connectivity index (χ1n) is 9.59. The Morgan fingerprint density at radius 2 is 1.50 bits per heavy atom. The summed E-state index contributed by atoms with van der Waals surface area (Å²) in [6.45, 7) is 5.72. The fourth-order valence-corrected chi connectivity index (χ4v) is 4.09. The van der Waals surface area contributed by atoms with Crippen molar-refractivity contribution in [3.63, 3.8) is 0 Å². The molecule has 1 fully saturated rings. The van der Waals surface area contributed by atoms with E-state index in [1.807, 2.05) is 60.7 Å². The average molecular weight is 381 g/mol. The molecule has 3 rings (SSSR count). The fraction of sp³-hybridized carbons (Fsp3) is 0.391. The van der Waals surface area contributed by atoms with Crippen molar-refractivity contribution < 1.29 is 19.4 Å². The number of aliphatic carboxylic acids is 1. The summed E-state index contributed by atoms with van der Waals surface area (Å²) in [5.41, 5.74) is -0.359. The van der Waals surface area contributed by atoms with Crippen LogP contribution in [0, 0.1) is 0 Å². The molecule has 1 aliphatic rings.